The number of carbonyl (C=O) groups excluding carboxylic acids is 1. The van der Waals surface area contributed by atoms with Gasteiger partial charge in [-0.05, 0) is 12.1 Å². The molecule has 0 saturated carbocycles. The summed E-state index contributed by atoms with van der Waals surface area (Å²) in [6, 6.07) is 3.57. The molecule has 0 aliphatic carbocycles. The molecular weight excluding hydrogens is 206 g/mol. The maximum atomic E-state index is 11.2. The average Bonchev–Trinajstić information content (AvgIpc) is 2.39. The molecule has 2 rings (SSSR count). The first kappa shape index (κ1) is 10.8. The molecule has 16 heavy (non-hydrogen) atoms. The fraction of sp³-hybridized carbons (Fsp3) is 0.400. The zero-order valence-electron chi connectivity index (χ0n) is 8.94. The van der Waals surface area contributed by atoms with Gasteiger partial charge in [-0.2, -0.15) is 0 Å². The van der Waals surface area contributed by atoms with Crippen LogP contribution in [0, 0.1) is 0 Å². The zero-order chi connectivity index (χ0) is 11.4. The number of hydrazine groups is 1. The van der Waals surface area contributed by atoms with Gasteiger partial charge in [-0.1, -0.05) is 0 Å². The van der Waals surface area contributed by atoms with E-state index >= 15 is 0 Å². The number of hydrogen-bond donors (Lipinski definition) is 3. The normalized spacial score (nSPS) is 15.9. The van der Waals surface area contributed by atoms with Crippen molar-refractivity contribution in [2.75, 3.05) is 31.1 Å². The third-order valence-electron chi connectivity index (χ3n) is 2.59. The van der Waals surface area contributed by atoms with Crippen molar-refractivity contribution in [2.45, 2.75) is 0 Å². The highest BCUT2D eigenvalue weighted by molar-refractivity contribution is 5.91. The lowest BCUT2D eigenvalue weighted by Crippen LogP contribution is -2.43. The van der Waals surface area contributed by atoms with Crippen molar-refractivity contribution in [1.29, 1.82) is 0 Å². The average molecular weight is 221 g/mol. The second kappa shape index (κ2) is 4.91. The Bertz CT molecular complexity index is 358. The number of nitrogens with one attached hydrogen (secondary N) is 2. The van der Waals surface area contributed by atoms with Crippen molar-refractivity contribution in [1.82, 2.24) is 15.7 Å². The number of anilines is 1. The Hall–Kier alpha value is -1.66. The lowest BCUT2D eigenvalue weighted by Gasteiger charge is -2.29. The van der Waals surface area contributed by atoms with Gasteiger partial charge in [0.1, 0.15) is 5.69 Å². The lowest BCUT2D eigenvalue weighted by atomic mass is 10.2. The number of amides is 1. The first-order valence-electron chi connectivity index (χ1n) is 5.24. The van der Waals surface area contributed by atoms with Crippen LogP contribution < -0.4 is 21.5 Å². The van der Waals surface area contributed by atoms with E-state index in [0.717, 1.165) is 31.9 Å². The number of hydrogen-bond acceptors (Lipinski definition) is 5. The molecule has 1 aliphatic rings. The molecule has 6 nitrogen and oxygen atoms in total. The highest BCUT2D eigenvalue weighted by Gasteiger charge is 2.11. The van der Waals surface area contributed by atoms with Gasteiger partial charge in [-0.3, -0.25) is 10.2 Å². The molecule has 6 heteroatoms. The van der Waals surface area contributed by atoms with Crippen LogP contribution in [0.25, 0.3) is 0 Å². The predicted octanol–water partition coefficient (Wildman–Crippen LogP) is -0.905. The molecule has 0 spiro atoms. The molecular formula is C10H15N5O. The van der Waals surface area contributed by atoms with Crippen LogP contribution in [0.4, 0.5) is 5.69 Å². The molecule has 2 heterocycles. The van der Waals surface area contributed by atoms with Gasteiger partial charge in [0, 0.05) is 26.2 Å². The van der Waals surface area contributed by atoms with Crippen molar-refractivity contribution in [3.05, 3.63) is 24.0 Å². The summed E-state index contributed by atoms with van der Waals surface area (Å²) in [4.78, 5) is 17.5. The number of nitrogens with zero attached hydrogens (tertiary/aromatic N) is 2. The van der Waals surface area contributed by atoms with Gasteiger partial charge in [0.05, 0.1) is 11.9 Å². The number of piperazine rings is 1. The summed E-state index contributed by atoms with van der Waals surface area (Å²) in [5.74, 6) is 4.66. The number of rotatable bonds is 2. The van der Waals surface area contributed by atoms with Crippen LogP contribution in [0.2, 0.25) is 0 Å². The van der Waals surface area contributed by atoms with Crippen molar-refractivity contribution in [2.24, 2.45) is 5.84 Å². The quantitative estimate of drug-likeness (QED) is 0.342. The van der Waals surface area contributed by atoms with E-state index in [4.69, 9.17) is 5.84 Å². The van der Waals surface area contributed by atoms with E-state index in [0.29, 0.717) is 5.69 Å². The minimum Gasteiger partial charge on any atom is -0.368 e. The molecule has 1 aromatic rings. The van der Waals surface area contributed by atoms with Crippen LogP contribution in [0.1, 0.15) is 10.5 Å². The van der Waals surface area contributed by atoms with Gasteiger partial charge in [-0.25, -0.2) is 10.8 Å². The fourth-order valence-electron chi connectivity index (χ4n) is 1.70. The van der Waals surface area contributed by atoms with Crippen LogP contribution in [-0.4, -0.2) is 37.1 Å². The fourth-order valence-corrected chi connectivity index (χ4v) is 1.70. The predicted molar refractivity (Wildman–Crippen MR) is 61.0 cm³/mol. The summed E-state index contributed by atoms with van der Waals surface area (Å²) in [6.45, 7) is 3.88. The van der Waals surface area contributed by atoms with Crippen LogP contribution in [-0.2, 0) is 0 Å². The highest BCUT2D eigenvalue weighted by atomic mass is 16.2. The van der Waals surface area contributed by atoms with Crippen molar-refractivity contribution >= 4 is 11.6 Å². The number of pyridine rings is 1. The maximum Gasteiger partial charge on any atom is 0.283 e. The summed E-state index contributed by atoms with van der Waals surface area (Å²) in [6.07, 6.45) is 1.70. The first-order chi connectivity index (χ1) is 7.81. The second-order valence-corrected chi connectivity index (χ2v) is 3.61. The van der Waals surface area contributed by atoms with Gasteiger partial charge in [0.2, 0.25) is 0 Å². The second-order valence-electron chi connectivity index (χ2n) is 3.61. The Morgan fingerprint density at radius 3 is 2.75 bits per heavy atom. The molecule has 86 valence electrons. The maximum absolute atomic E-state index is 11.2. The van der Waals surface area contributed by atoms with Crippen LogP contribution in [0.5, 0.6) is 0 Å². The van der Waals surface area contributed by atoms with E-state index in [-0.39, 0.29) is 5.91 Å². The van der Waals surface area contributed by atoms with Gasteiger partial charge >= 0.3 is 0 Å². The number of nitrogens with two attached hydrogens (primary N) is 1. The number of aromatic nitrogens is 1. The molecule has 0 unspecified atom stereocenters. The van der Waals surface area contributed by atoms with Crippen LogP contribution in [0.3, 0.4) is 0 Å². The van der Waals surface area contributed by atoms with E-state index in [1.54, 1.807) is 12.3 Å². The number of nitrogen functional groups attached to an aromatic ring is 1. The molecule has 0 bridgehead atoms. The molecule has 0 atom stereocenters. The Morgan fingerprint density at radius 2 is 2.19 bits per heavy atom. The molecule has 0 radical (unpaired) electrons. The van der Waals surface area contributed by atoms with E-state index in [9.17, 15) is 4.79 Å². The lowest BCUT2D eigenvalue weighted by molar-refractivity contribution is 0.0948. The monoisotopic (exact) mass is 221 g/mol. The van der Waals surface area contributed by atoms with Crippen LogP contribution >= 0.6 is 0 Å². The topological polar surface area (TPSA) is 83.3 Å². The summed E-state index contributed by atoms with van der Waals surface area (Å²) < 4.78 is 0. The van der Waals surface area contributed by atoms with Crippen molar-refractivity contribution in [3.8, 4) is 0 Å². The summed E-state index contributed by atoms with van der Waals surface area (Å²) in [7, 11) is 0. The third-order valence-corrected chi connectivity index (χ3v) is 2.59. The van der Waals surface area contributed by atoms with E-state index < -0.39 is 0 Å². The summed E-state index contributed by atoms with van der Waals surface area (Å²) in [5, 5.41) is 3.28. The molecule has 1 aromatic heterocycles. The molecule has 1 aliphatic heterocycles. The SMILES string of the molecule is NNC(=O)c1ccc(N2CCNCC2)cn1. The van der Waals surface area contributed by atoms with Gasteiger partial charge in [-0.15, -0.1) is 0 Å². The van der Waals surface area contributed by atoms with Crippen molar-refractivity contribution in [3.63, 3.8) is 0 Å². The van der Waals surface area contributed by atoms with E-state index in [1.165, 1.54) is 0 Å². The van der Waals surface area contributed by atoms with Crippen molar-refractivity contribution < 1.29 is 4.79 Å². The van der Waals surface area contributed by atoms with E-state index in [1.807, 2.05) is 6.07 Å². The highest BCUT2D eigenvalue weighted by Crippen LogP contribution is 2.13. The van der Waals surface area contributed by atoms with Gasteiger partial charge < -0.3 is 10.2 Å². The smallest absolute Gasteiger partial charge is 0.283 e. The minimum atomic E-state index is -0.369. The van der Waals surface area contributed by atoms with Crippen LogP contribution in [0.15, 0.2) is 18.3 Å². The first-order valence-corrected chi connectivity index (χ1v) is 5.24. The minimum absolute atomic E-state index is 0.335. The Morgan fingerprint density at radius 1 is 1.44 bits per heavy atom. The standard InChI is InChI=1S/C10H15N5O/c11-14-10(16)9-2-1-8(7-13-9)15-5-3-12-4-6-15/h1-2,7,12H,3-6,11H2,(H,14,16). The molecule has 1 saturated heterocycles. The van der Waals surface area contributed by atoms with Gasteiger partial charge in [0.25, 0.3) is 5.91 Å². The summed E-state index contributed by atoms with van der Waals surface area (Å²) in [5.41, 5.74) is 3.43. The Labute approximate surface area is 93.8 Å². The van der Waals surface area contributed by atoms with E-state index in [2.05, 4.69) is 20.6 Å². The number of carbonyl (C=O) groups is 1. The third kappa shape index (κ3) is 2.29. The van der Waals surface area contributed by atoms with Gasteiger partial charge in [0.15, 0.2) is 0 Å². The Kier molecular flexibility index (Phi) is 3.33. The largest absolute Gasteiger partial charge is 0.368 e. The molecule has 0 aromatic carbocycles. The molecule has 1 amide bonds. The summed E-state index contributed by atoms with van der Waals surface area (Å²) >= 11 is 0. The Balaban J connectivity index is 2.09. The molecule has 4 N–H and O–H groups in total. The zero-order valence-corrected chi connectivity index (χ0v) is 8.94. The molecule has 1 fully saturated rings.